The van der Waals surface area contributed by atoms with Crippen LogP contribution >= 0.6 is 0 Å². The van der Waals surface area contributed by atoms with Gasteiger partial charge in [-0.05, 0) is 13.3 Å². The lowest BCUT2D eigenvalue weighted by Gasteiger charge is -2.50. The summed E-state index contributed by atoms with van der Waals surface area (Å²) in [5.41, 5.74) is -8.42. The zero-order valence-electron chi connectivity index (χ0n) is 39.3. The summed E-state index contributed by atoms with van der Waals surface area (Å²) >= 11 is 0. The maximum Gasteiger partial charge on any atom is 0.460 e. The van der Waals surface area contributed by atoms with Crippen molar-refractivity contribution in [1.82, 2.24) is 0 Å². The van der Waals surface area contributed by atoms with E-state index in [1.54, 1.807) is 0 Å². The summed E-state index contributed by atoms with van der Waals surface area (Å²) in [5, 5.41) is 9.11. The first-order valence-corrected chi connectivity index (χ1v) is 22.1. The number of rotatable bonds is 35. The van der Waals surface area contributed by atoms with E-state index in [1.165, 1.54) is 0 Å². The van der Waals surface area contributed by atoms with Crippen LogP contribution in [0.2, 0.25) is 0 Å². The Labute approximate surface area is 417 Å². The van der Waals surface area contributed by atoms with Crippen LogP contribution in [-0.4, -0.2) is 118 Å². The number of aliphatic carboxylic acids is 1. The molecule has 0 aromatic carbocycles. The van der Waals surface area contributed by atoms with Crippen LogP contribution in [0.25, 0.3) is 0 Å². The van der Waals surface area contributed by atoms with E-state index >= 15 is 35.1 Å². The van der Waals surface area contributed by atoms with Crippen LogP contribution < -0.4 is 0 Å². The first kappa shape index (κ1) is 74.6. The van der Waals surface area contributed by atoms with Gasteiger partial charge < -0.3 is 9.84 Å². The number of hydrogen-bond acceptors (Lipinski definition) is 3. The van der Waals surface area contributed by atoms with Crippen LogP contribution in [0.5, 0.6) is 0 Å². The summed E-state index contributed by atoms with van der Waals surface area (Å²) in [6.07, 6.45) is -12.0. The number of ether oxygens (including phenoxy) is 1. The summed E-state index contributed by atoms with van der Waals surface area (Å²) in [7, 11) is 0. The van der Waals surface area contributed by atoms with Crippen molar-refractivity contribution >= 4 is 11.9 Å². The van der Waals surface area contributed by atoms with Crippen molar-refractivity contribution in [3.63, 3.8) is 0 Å². The van der Waals surface area contributed by atoms with Crippen molar-refractivity contribution in [2.75, 3.05) is 0 Å². The van der Waals surface area contributed by atoms with Gasteiger partial charge in [-0.25, -0.2) is 0 Å². The molecule has 0 heterocycles. The van der Waals surface area contributed by atoms with E-state index in [-0.39, 0.29) is 12.8 Å². The normalized spacial score (nSPS) is 15.9. The second-order valence-electron chi connectivity index (χ2n) is 17.9. The van der Waals surface area contributed by atoms with Crippen molar-refractivity contribution < 1.29 is 169 Å². The van der Waals surface area contributed by atoms with Crippen molar-refractivity contribution in [2.45, 2.75) is 230 Å². The van der Waals surface area contributed by atoms with Gasteiger partial charge in [0.2, 0.25) is 5.60 Å². The fraction of sp³-hybridized carbons (Fsp3) is 0.950. The molecule has 0 aliphatic heterocycles. The molecule has 4 nitrogen and oxygen atoms in total. The molecule has 0 saturated heterocycles. The SMILES string of the molecule is CCCCCCCCCCCCCCCCCCC(CC(=O)O)C(=O)OC(C)(C(F)(F)C(F)(F)C(F)(F)C(F)(F)C(F)(F)C(F)(F)C(F)(F)C(F)(F)F)C(F)(F)C(F)(F)C(F)(F)C(F)(F)C(F)(F)C(F)(F)C(F)(F)C(F)(F)F. The van der Waals surface area contributed by atoms with Crippen molar-refractivity contribution in [3.8, 4) is 0 Å². The Kier molecular flexibility index (Phi) is 23.1. The molecule has 0 bridgehead atoms. The molecule has 0 radical (unpaired) electrons. The summed E-state index contributed by atoms with van der Waals surface area (Å²) in [5.74, 6) is -145. The van der Waals surface area contributed by atoms with Gasteiger partial charge in [-0.1, -0.05) is 110 Å². The Bertz CT molecular complexity index is 1840. The van der Waals surface area contributed by atoms with Crippen LogP contribution in [0.15, 0.2) is 0 Å². The Morgan fingerprint density at radius 1 is 0.321 bits per heavy atom. The average Bonchev–Trinajstić information content (AvgIpc) is 3.26. The molecule has 0 rings (SSSR count). The lowest BCUT2D eigenvalue weighted by molar-refractivity contribution is -0.486. The van der Waals surface area contributed by atoms with E-state index in [1.807, 2.05) is 6.92 Å². The number of carboxylic acids is 1. The largest absolute Gasteiger partial charge is 0.481 e. The molecule has 38 heteroatoms. The minimum Gasteiger partial charge on any atom is -0.481 e. The number of carboxylic acid groups (broad SMARTS) is 1. The Morgan fingerprint density at radius 2 is 0.513 bits per heavy atom. The summed E-state index contributed by atoms with van der Waals surface area (Å²) in [6, 6.07) is 0. The molecular formula is C40H44F34O4. The van der Waals surface area contributed by atoms with Crippen molar-refractivity contribution in [2.24, 2.45) is 5.92 Å². The zero-order valence-corrected chi connectivity index (χ0v) is 39.3. The van der Waals surface area contributed by atoms with Crippen LogP contribution in [0, 0.1) is 5.92 Å². The maximum absolute atomic E-state index is 15.8. The third-order valence-electron chi connectivity index (χ3n) is 12.1. The number of carbonyl (C=O) groups excluding carboxylic acids is 1. The van der Waals surface area contributed by atoms with Gasteiger partial charge in [-0.3, -0.25) is 9.59 Å². The molecule has 0 fully saturated rings. The molecule has 1 atom stereocenters. The van der Waals surface area contributed by atoms with E-state index in [0.29, 0.717) is 19.3 Å². The molecule has 78 heavy (non-hydrogen) atoms. The highest BCUT2D eigenvalue weighted by Gasteiger charge is 3.01. The van der Waals surface area contributed by atoms with Gasteiger partial charge in [0.05, 0.1) is 12.3 Å². The molecule has 0 aromatic heterocycles. The van der Waals surface area contributed by atoms with E-state index in [9.17, 15) is 124 Å². The summed E-state index contributed by atoms with van der Waals surface area (Å²) in [4.78, 5) is 24.4. The Hall–Kier alpha value is -3.44. The summed E-state index contributed by atoms with van der Waals surface area (Å²) in [6.45, 7) is -0.545. The third kappa shape index (κ3) is 12.6. The Balaban J connectivity index is 7.89. The van der Waals surface area contributed by atoms with Gasteiger partial charge in [-0.15, -0.1) is 0 Å². The van der Waals surface area contributed by atoms with Gasteiger partial charge in [0.1, 0.15) is 0 Å². The van der Waals surface area contributed by atoms with Gasteiger partial charge in [0.25, 0.3) is 0 Å². The second-order valence-corrected chi connectivity index (χ2v) is 17.9. The molecule has 1 N–H and O–H groups in total. The van der Waals surface area contributed by atoms with Crippen molar-refractivity contribution in [1.29, 1.82) is 0 Å². The molecule has 1 unspecified atom stereocenters. The third-order valence-corrected chi connectivity index (χ3v) is 12.1. The van der Waals surface area contributed by atoms with Crippen LogP contribution in [0.4, 0.5) is 149 Å². The van der Waals surface area contributed by atoms with E-state index in [0.717, 1.165) is 57.8 Å². The van der Waals surface area contributed by atoms with Crippen LogP contribution in [-0.2, 0) is 14.3 Å². The first-order valence-electron chi connectivity index (χ1n) is 22.1. The standard InChI is InChI=1S/C40H44F34O4/c1-3-4-5-6-7-8-9-10-11-12-13-14-15-16-17-18-19-21(20-22(75)76)23(77)78-24(2,25(41,42)27(45,46)29(49,50)31(53,54)33(57,58)35(61,62)37(65,66)39(69,70)71)26(43,44)28(47,48)30(51,52)32(55,56)34(59,60)36(63,64)38(67,68)40(72,73)74/h21H,3-20H2,1-2H3,(H,75,76). The van der Waals surface area contributed by atoms with E-state index < -0.39 is 151 Å². The molecule has 0 aliphatic carbocycles. The number of halogens is 34. The number of esters is 1. The quantitative estimate of drug-likeness (QED) is 0.0390. The molecule has 0 saturated carbocycles. The monoisotopic (exact) mass is 1230 g/mol. The smallest absolute Gasteiger partial charge is 0.460 e. The lowest BCUT2D eigenvalue weighted by Crippen LogP contribution is -2.82. The van der Waals surface area contributed by atoms with Gasteiger partial charge >= 0.3 is 107 Å². The van der Waals surface area contributed by atoms with Crippen LogP contribution in [0.1, 0.15) is 129 Å². The highest BCUT2D eigenvalue weighted by Crippen LogP contribution is 2.70. The zero-order chi connectivity index (χ0) is 62.7. The fourth-order valence-electron chi connectivity index (χ4n) is 6.99. The molecule has 0 spiro atoms. The average molecular weight is 1230 g/mol. The lowest BCUT2D eigenvalue weighted by atomic mass is 9.76. The second kappa shape index (κ2) is 24.2. The van der Waals surface area contributed by atoms with E-state index in [2.05, 4.69) is 4.74 Å². The molecular weight excluding hydrogens is 1190 g/mol. The maximum atomic E-state index is 15.8. The Morgan fingerprint density at radius 3 is 0.718 bits per heavy atom. The fourth-order valence-corrected chi connectivity index (χ4v) is 6.99. The number of alkyl halides is 34. The highest BCUT2D eigenvalue weighted by atomic mass is 19.4. The number of carbonyl (C=O) groups is 2. The van der Waals surface area contributed by atoms with Gasteiger partial charge in [-0.2, -0.15) is 149 Å². The van der Waals surface area contributed by atoms with Crippen molar-refractivity contribution in [3.05, 3.63) is 0 Å². The molecule has 0 aliphatic rings. The summed E-state index contributed by atoms with van der Waals surface area (Å²) < 4.78 is 485. The molecule has 0 amide bonds. The number of hydrogen-bond donors (Lipinski definition) is 1. The number of unbranched alkanes of at least 4 members (excludes halogenated alkanes) is 15. The minimum atomic E-state index is -10.0. The predicted octanol–water partition coefficient (Wildman–Crippen LogP) is 18.0. The van der Waals surface area contributed by atoms with E-state index in [4.69, 9.17) is 5.11 Å². The van der Waals surface area contributed by atoms with Gasteiger partial charge in [0.15, 0.2) is 0 Å². The topological polar surface area (TPSA) is 63.6 Å². The predicted molar refractivity (Wildman–Crippen MR) is 196 cm³/mol. The molecule has 466 valence electrons. The minimum absolute atomic E-state index is 0.0807. The van der Waals surface area contributed by atoms with Crippen LogP contribution in [0.3, 0.4) is 0 Å². The first-order chi connectivity index (χ1) is 34.3. The molecule has 0 aromatic rings. The highest BCUT2D eigenvalue weighted by molar-refractivity contribution is 5.79. The van der Waals surface area contributed by atoms with Gasteiger partial charge in [0, 0.05) is 0 Å².